The van der Waals surface area contributed by atoms with Gasteiger partial charge in [0.25, 0.3) is 5.91 Å². The molecule has 0 aliphatic carbocycles. The molecule has 1 aromatic carbocycles. The zero-order chi connectivity index (χ0) is 9.97. The molecular weight excluding hydrogens is 178 g/mol. The maximum absolute atomic E-state index is 11.0. The third-order valence-electron chi connectivity index (χ3n) is 2.47. The summed E-state index contributed by atoms with van der Waals surface area (Å²) in [5.41, 5.74) is 6.39. The van der Waals surface area contributed by atoms with E-state index in [1.807, 2.05) is 24.3 Å². The largest absolute Gasteiger partial charge is 0.480 e. The van der Waals surface area contributed by atoms with Crippen LogP contribution in [0.2, 0.25) is 0 Å². The zero-order valence-corrected chi connectivity index (χ0v) is 7.90. The molecule has 1 atom stereocenters. The van der Waals surface area contributed by atoms with Gasteiger partial charge in [-0.25, -0.2) is 0 Å². The van der Waals surface area contributed by atoms with Crippen LogP contribution >= 0.6 is 0 Å². The van der Waals surface area contributed by atoms with Gasteiger partial charge in [-0.15, -0.1) is 0 Å². The topological polar surface area (TPSA) is 52.3 Å². The van der Waals surface area contributed by atoms with Gasteiger partial charge in [-0.2, -0.15) is 0 Å². The van der Waals surface area contributed by atoms with Crippen molar-refractivity contribution >= 4 is 5.91 Å². The zero-order valence-electron chi connectivity index (χ0n) is 7.90. The minimum atomic E-state index is -0.460. The molecule has 74 valence electrons. The van der Waals surface area contributed by atoms with Crippen LogP contribution in [0, 0.1) is 0 Å². The Kier molecular flexibility index (Phi) is 2.39. The molecule has 1 amide bonds. The highest BCUT2D eigenvalue weighted by Crippen LogP contribution is 2.25. The van der Waals surface area contributed by atoms with Crippen LogP contribution in [-0.4, -0.2) is 12.0 Å². The summed E-state index contributed by atoms with van der Waals surface area (Å²) in [6.45, 7) is 0. The predicted molar refractivity (Wildman–Crippen MR) is 53.0 cm³/mol. The van der Waals surface area contributed by atoms with Crippen LogP contribution in [0.25, 0.3) is 0 Å². The number of carbonyl (C=O) groups excluding carboxylic acids is 1. The number of amides is 1. The molecule has 0 fully saturated rings. The maximum atomic E-state index is 11.0. The summed E-state index contributed by atoms with van der Waals surface area (Å²) in [5, 5.41) is 0. The molecular formula is C11H13NO2. The Morgan fingerprint density at radius 1 is 1.43 bits per heavy atom. The second kappa shape index (κ2) is 3.70. The molecule has 3 heteroatoms. The first-order chi connectivity index (χ1) is 6.77. The molecule has 3 nitrogen and oxygen atoms in total. The maximum Gasteiger partial charge on any atom is 0.258 e. The van der Waals surface area contributed by atoms with E-state index in [0.29, 0.717) is 6.42 Å². The van der Waals surface area contributed by atoms with Crippen molar-refractivity contribution in [2.75, 3.05) is 0 Å². The lowest BCUT2D eigenvalue weighted by Crippen LogP contribution is -2.33. The smallest absolute Gasteiger partial charge is 0.258 e. The van der Waals surface area contributed by atoms with Gasteiger partial charge in [-0.1, -0.05) is 18.2 Å². The SMILES string of the molecule is NC(=O)C1CCCc2ccccc2O1. The summed E-state index contributed by atoms with van der Waals surface area (Å²) in [5.74, 6) is 0.426. The van der Waals surface area contributed by atoms with Gasteiger partial charge in [-0.05, 0) is 30.9 Å². The highest BCUT2D eigenvalue weighted by molar-refractivity contribution is 5.79. The molecule has 0 bridgehead atoms. The second-order valence-corrected chi connectivity index (χ2v) is 3.51. The first-order valence-corrected chi connectivity index (χ1v) is 4.81. The normalized spacial score (nSPS) is 20.4. The fourth-order valence-electron chi connectivity index (χ4n) is 1.72. The standard InChI is InChI=1S/C11H13NO2/c12-11(13)10-7-3-5-8-4-1-2-6-9(8)14-10/h1-2,4,6,10H,3,5,7H2,(H2,12,13). The number of para-hydroxylation sites is 1. The molecule has 1 aliphatic rings. The lowest BCUT2D eigenvalue weighted by atomic mass is 10.1. The Morgan fingerprint density at radius 3 is 3.00 bits per heavy atom. The molecule has 1 heterocycles. The van der Waals surface area contributed by atoms with Gasteiger partial charge < -0.3 is 10.5 Å². The van der Waals surface area contributed by atoms with E-state index in [4.69, 9.17) is 10.5 Å². The van der Waals surface area contributed by atoms with Crippen molar-refractivity contribution < 1.29 is 9.53 Å². The van der Waals surface area contributed by atoms with Crippen LogP contribution in [-0.2, 0) is 11.2 Å². The summed E-state index contributed by atoms with van der Waals surface area (Å²) < 4.78 is 5.54. The molecule has 0 saturated carbocycles. The number of carbonyl (C=O) groups is 1. The summed E-state index contributed by atoms with van der Waals surface area (Å²) in [7, 11) is 0. The Balaban J connectivity index is 2.26. The van der Waals surface area contributed by atoms with E-state index in [1.165, 1.54) is 0 Å². The van der Waals surface area contributed by atoms with Crippen molar-refractivity contribution in [2.45, 2.75) is 25.4 Å². The van der Waals surface area contributed by atoms with Crippen LogP contribution in [0.3, 0.4) is 0 Å². The van der Waals surface area contributed by atoms with Gasteiger partial charge in [0.05, 0.1) is 0 Å². The van der Waals surface area contributed by atoms with Crippen molar-refractivity contribution in [1.82, 2.24) is 0 Å². The number of nitrogens with two attached hydrogens (primary N) is 1. The number of benzene rings is 1. The molecule has 1 unspecified atom stereocenters. The summed E-state index contributed by atoms with van der Waals surface area (Å²) in [4.78, 5) is 11.0. The molecule has 0 saturated heterocycles. The average molecular weight is 191 g/mol. The molecule has 2 rings (SSSR count). The number of fused-ring (bicyclic) bond motifs is 1. The Morgan fingerprint density at radius 2 is 2.21 bits per heavy atom. The molecule has 14 heavy (non-hydrogen) atoms. The van der Waals surface area contributed by atoms with Crippen LogP contribution in [0.1, 0.15) is 18.4 Å². The monoisotopic (exact) mass is 191 g/mol. The first-order valence-electron chi connectivity index (χ1n) is 4.81. The van der Waals surface area contributed by atoms with Crippen molar-refractivity contribution in [2.24, 2.45) is 5.73 Å². The number of hydrogen-bond donors (Lipinski definition) is 1. The van der Waals surface area contributed by atoms with Crippen LogP contribution in [0.4, 0.5) is 0 Å². The molecule has 0 spiro atoms. The van der Waals surface area contributed by atoms with Gasteiger partial charge in [0.1, 0.15) is 5.75 Å². The molecule has 1 aliphatic heterocycles. The van der Waals surface area contributed by atoms with E-state index in [2.05, 4.69) is 0 Å². The third-order valence-corrected chi connectivity index (χ3v) is 2.47. The Hall–Kier alpha value is -1.51. The fraction of sp³-hybridized carbons (Fsp3) is 0.364. The van der Waals surface area contributed by atoms with E-state index in [-0.39, 0.29) is 5.91 Å². The van der Waals surface area contributed by atoms with Gasteiger partial charge in [0.2, 0.25) is 0 Å². The van der Waals surface area contributed by atoms with Gasteiger partial charge >= 0.3 is 0 Å². The number of hydrogen-bond acceptors (Lipinski definition) is 2. The van der Waals surface area contributed by atoms with Crippen LogP contribution in [0.5, 0.6) is 5.75 Å². The lowest BCUT2D eigenvalue weighted by Gasteiger charge is -2.13. The Labute approximate surface area is 82.9 Å². The van der Waals surface area contributed by atoms with E-state index in [1.54, 1.807) is 0 Å². The summed E-state index contributed by atoms with van der Waals surface area (Å²) in [6, 6.07) is 7.80. The average Bonchev–Trinajstić information content (AvgIpc) is 2.39. The highest BCUT2D eigenvalue weighted by Gasteiger charge is 2.21. The van der Waals surface area contributed by atoms with E-state index < -0.39 is 6.10 Å². The quantitative estimate of drug-likeness (QED) is 0.726. The highest BCUT2D eigenvalue weighted by atomic mass is 16.5. The van der Waals surface area contributed by atoms with E-state index >= 15 is 0 Å². The number of primary amides is 1. The number of rotatable bonds is 1. The second-order valence-electron chi connectivity index (χ2n) is 3.51. The molecule has 0 radical (unpaired) electrons. The number of aryl methyl sites for hydroxylation is 1. The minimum absolute atomic E-state index is 0.373. The predicted octanol–water partition coefficient (Wildman–Crippen LogP) is 1.26. The van der Waals surface area contributed by atoms with Crippen LogP contribution < -0.4 is 10.5 Å². The van der Waals surface area contributed by atoms with E-state index in [0.717, 1.165) is 24.2 Å². The summed E-state index contributed by atoms with van der Waals surface area (Å²) >= 11 is 0. The molecule has 0 aromatic heterocycles. The van der Waals surface area contributed by atoms with Crippen molar-refractivity contribution in [3.63, 3.8) is 0 Å². The van der Waals surface area contributed by atoms with Crippen LogP contribution in [0.15, 0.2) is 24.3 Å². The lowest BCUT2D eigenvalue weighted by molar-refractivity contribution is -0.124. The van der Waals surface area contributed by atoms with Crippen molar-refractivity contribution in [3.8, 4) is 5.75 Å². The van der Waals surface area contributed by atoms with E-state index in [9.17, 15) is 4.79 Å². The Bertz CT molecular complexity index is 349. The summed E-state index contributed by atoms with van der Waals surface area (Å²) in [6.07, 6.45) is 2.16. The third kappa shape index (κ3) is 1.71. The van der Waals surface area contributed by atoms with Gasteiger partial charge in [-0.3, -0.25) is 4.79 Å². The van der Waals surface area contributed by atoms with Gasteiger partial charge in [0.15, 0.2) is 6.10 Å². The minimum Gasteiger partial charge on any atom is -0.480 e. The van der Waals surface area contributed by atoms with Crippen molar-refractivity contribution in [1.29, 1.82) is 0 Å². The van der Waals surface area contributed by atoms with Gasteiger partial charge in [0, 0.05) is 0 Å². The first kappa shape index (κ1) is 9.06. The van der Waals surface area contributed by atoms with Crippen molar-refractivity contribution in [3.05, 3.63) is 29.8 Å². The molecule has 1 aromatic rings. The number of ether oxygens (including phenoxy) is 1. The fourth-order valence-corrected chi connectivity index (χ4v) is 1.72. The molecule has 2 N–H and O–H groups in total.